The van der Waals surface area contributed by atoms with Crippen LogP contribution >= 0.6 is 0 Å². The maximum Gasteiger partial charge on any atom is 0.165 e. The highest BCUT2D eigenvalue weighted by molar-refractivity contribution is 5.17. The van der Waals surface area contributed by atoms with Gasteiger partial charge in [0.2, 0.25) is 0 Å². The van der Waals surface area contributed by atoms with Crippen LogP contribution in [0, 0.1) is 5.92 Å². The Morgan fingerprint density at radius 1 is 1.33 bits per heavy atom. The van der Waals surface area contributed by atoms with E-state index in [2.05, 4.69) is 46.5 Å². The van der Waals surface area contributed by atoms with Gasteiger partial charge in [-0.25, -0.2) is 4.68 Å². The number of nitrogens with zero attached hydrogens (tertiary/aromatic N) is 5. The second-order valence-corrected chi connectivity index (χ2v) is 6.57. The summed E-state index contributed by atoms with van der Waals surface area (Å²) in [6.07, 6.45) is 3.66. The zero-order chi connectivity index (χ0) is 14.4. The molecule has 112 valence electrons. The SMILES string of the molecule is C[C@@H]1C[C@H]1c1ccc(CN(C)Cc2nnnn2C2CC2)o1. The normalized spacial score (nSPS) is 24.7. The molecule has 2 saturated carbocycles. The number of aromatic nitrogens is 4. The molecule has 4 rings (SSSR count). The van der Waals surface area contributed by atoms with Gasteiger partial charge in [-0.05, 0) is 54.8 Å². The summed E-state index contributed by atoms with van der Waals surface area (Å²) in [5.41, 5.74) is 0. The fraction of sp³-hybridized carbons (Fsp3) is 0.667. The molecule has 0 aromatic carbocycles. The average molecular weight is 287 g/mol. The Labute approximate surface area is 124 Å². The highest BCUT2D eigenvalue weighted by atomic mass is 16.3. The average Bonchev–Trinajstić information content (AvgIpc) is 3.33. The predicted octanol–water partition coefficient (Wildman–Crippen LogP) is 2.36. The molecule has 2 aromatic heterocycles. The lowest BCUT2D eigenvalue weighted by Crippen LogP contribution is -2.20. The van der Waals surface area contributed by atoms with Crippen molar-refractivity contribution in [2.45, 2.75) is 51.2 Å². The van der Waals surface area contributed by atoms with E-state index in [9.17, 15) is 0 Å². The molecular weight excluding hydrogens is 266 g/mol. The third kappa shape index (κ3) is 2.72. The molecule has 0 unspecified atom stereocenters. The standard InChI is InChI=1S/C15H21N5O/c1-10-7-13(10)14-6-5-12(21-14)8-19(2)9-15-16-17-18-20(15)11-3-4-11/h5-6,10-11,13H,3-4,7-9H2,1-2H3/t10-,13-/m1/s1. The van der Waals surface area contributed by atoms with Crippen molar-refractivity contribution in [1.82, 2.24) is 25.1 Å². The second-order valence-electron chi connectivity index (χ2n) is 6.57. The summed E-state index contributed by atoms with van der Waals surface area (Å²) < 4.78 is 7.93. The van der Waals surface area contributed by atoms with Gasteiger partial charge in [0.25, 0.3) is 0 Å². The van der Waals surface area contributed by atoms with Crippen molar-refractivity contribution in [1.29, 1.82) is 0 Å². The molecular formula is C15H21N5O. The summed E-state index contributed by atoms with van der Waals surface area (Å²) >= 11 is 0. The monoisotopic (exact) mass is 287 g/mol. The highest BCUT2D eigenvalue weighted by Crippen LogP contribution is 2.47. The molecule has 21 heavy (non-hydrogen) atoms. The van der Waals surface area contributed by atoms with Gasteiger partial charge < -0.3 is 4.42 Å². The van der Waals surface area contributed by atoms with Gasteiger partial charge in [0.15, 0.2) is 5.82 Å². The van der Waals surface area contributed by atoms with E-state index in [1.165, 1.54) is 19.3 Å². The third-order valence-electron chi connectivity index (χ3n) is 4.45. The van der Waals surface area contributed by atoms with Gasteiger partial charge in [0.1, 0.15) is 11.5 Å². The van der Waals surface area contributed by atoms with Gasteiger partial charge in [0, 0.05) is 5.92 Å². The van der Waals surface area contributed by atoms with E-state index in [4.69, 9.17) is 4.42 Å². The Morgan fingerprint density at radius 2 is 2.14 bits per heavy atom. The summed E-state index contributed by atoms with van der Waals surface area (Å²) in [6.45, 7) is 3.81. The zero-order valence-corrected chi connectivity index (χ0v) is 12.6. The van der Waals surface area contributed by atoms with Crippen LogP contribution in [0.25, 0.3) is 0 Å². The number of tetrazole rings is 1. The molecule has 2 aliphatic rings. The van der Waals surface area contributed by atoms with Crippen molar-refractivity contribution in [2.24, 2.45) is 5.92 Å². The van der Waals surface area contributed by atoms with Crippen LogP contribution in [0.4, 0.5) is 0 Å². The van der Waals surface area contributed by atoms with Crippen LogP contribution < -0.4 is 0 Å². The highest BCUT2D eigenvalue weighted by Gasteiger charge is 2.36. The number of furan rings is 1. The molecule has 0 amide bonds. The summed E-state index contributed by atoms with van der Waals surface area (Å²) in [6, 6.07) is 4.75. The smallest absolute Gasteiger partial charge is 0.165 e. The van der Waals surface area contributed by atoms with E-state index in [1.807, 2.05) is 4.68 Å². The van der Waals surface area contributed by atoms with Crippen LogP contribution in [0.2, 0.25) is 0 Å². The Kier molecular flexibility index (Phi) is 3.06. The minimum absolute atomic E-state index is 0.523. The number of hydrogen-bond donors (Lipinski definition) is 0. The van der Waals surface area contributed by atoms with Gasteiger partial charge in [-0.2, -0.15) is 0 Å². The van der Waals surface area contributed by atoms with Gasteiger partial charge in [-0.1, -0.05) is 6.92 Å². The topological polar surface area (TPSA) is 60.0 Å². The first kappa shape index (κ1) is 13.0. The Bertz CT molecular complexity index is 630. The Balaban J connectivity index is 1.37. The quantitative estimate of drug-likeness (QED) is 0.816. The van der Waals surface area contributed by atoms with Crippen molar-refractivity contribution in [3.05, 3.63) is 29.5 Å². The Hall–Kier alpha value is -1.69. The molecule has 2 atom stereocenters. The predicted molar refractivity (Wildman–Crippen MR) is 76.5 cm³/mol. The fourth-order valence-electron chi connectivity index (χ4n) is 2.88. The molecule has 2 fully saturated rings. The molecule has 0 radical (unpaired) electrons. The second kappa shape index (κ2) is 4.94. The van der Waals surface area contributed by atoms with Crippen LogP contribution in [0.3, 0.4) is 0 Å². The van der Waals surface area contributed by atoms with Gasteiger partial charge in [0.05, 0.1) is 19.1 Å². The maximum atomic E-state index is 5.96. The summed E-state index contributed by atoms with van der Waals surface area (Å²) in [7, 11) is 2.08. The summed E-state index contributed by atoms with van der Waals surface area (Å²) in [4.78, 5) is 2.20. The minimum Gasteiger partial charge on any atom is -0.464 e. The zero-order valence-electron chi connectivity index (χ0n) is 12.6. The summed E-state index contributed by atoms with van der Waals surface area (Å²) in [5, 5.41) is 12.0. The van der Waals surface area contributed by atoms with E-state index in [1.54, 1.807) is 0 Å². The van der Waals surface area contributed by atoms with Crippen LogP contribution in [0.1, 0.15) is 55.5 Å². The molecule has 2 aliphatic carbocycles. The van der Waals surface area contributed by atoms with Crippen molar-refractivity contribution >= 4 is 0 Å². The largest absolute Gasteiger partial charge is 0.464 e. The third-order valence-corrected chi connectivity index (χ3v) is 4.45. The first-order valence-electron chi connectivity index (χ1n) is 7.74. The molecule has 0 saturated heterocycles. The summed E-state index contributed by atoms with van der Waals surface area (Å²) in [5.74, 6) is 4.55. The van der Waals surface area contributed by atoms with Crippen LogP contribution in [0.5, 0.6) is 0 Å². The lowest BCUT2D eigenvalue weighted by molar-refractivity contribution is 0.271. The van der Waals surface area contributed by atoms with Crippen molar-refractivity contribution < 1.29 is 4.42 Å². The van der Waals surface area contributed by atoms with Gasteiger partial charge in [-0.15, -0.1) is 5.10 Å². The first-order valence-corrected chi connectivity index (χ1v) is 7.74. The minimum atomic E-state index is 0.523. The molecule has 0 N–H and O–H groups in total. The first-order chi connectivity index (χ1) is 10.2. The van der Waals surface area contributed by atoms with Crippen LogP contribution in [0.15, 0.2) is 16.5 Å². The molecule has 0 bridgehead atoms. The van der Waals surface area contributed by atoms with Crippen LogP contribution in [-0.4, -0.2) is 32.2 Å². The van der Waals surface area contributed by atoms with Gasteiger partial charge >= 0.3 is 0 Å². The molecule has 2 heterocycles. The molecule has 6 nitrogen and oxygen atoms in total. The molecule has 6 heteroatoms. The lowest BCUT2D eigenvalue weighted by atomic mass is 10.3. The molecule has 2 aromatic rings. The van der Waals surface area contributed by atoms with E-state index in [0.29, 0.717) is 12.0 Å². The van der Waals surface area contributed by atoms with E-state index in [-0.39, 0.29) is 0 Å². The van der Waals surface area contributed by atoms with Crippen molar-refractivity contribution in [3.8, 4) is 0 Å². The molecule has 0 aliphatic heterocycles. The van der Waals surface area contributed by atoms with E-state index < -0.39 is 0 Å². The van der Waals surface area contributed by atoms with Crippen molar-refractivity contribution in [3.63, 3.8) is 0 Å². The Morgan fingerprint density at radius 3 is 2.86 bits per heavy atom. The number of hydrogen-bond acceptors (Lipinski definition) is 5. The van der Waals surface area contributed by atoms with Gasteiger partial charge in [-0.3, -0.25) is 4.90 Å². The number of rotatable bonds is 6. The maximum absolute atomic E-state index is 5.96. The molecule has 0 spiro atoms. The lowest BCUT2D eigenvalue weighted by Gasteiger charge is -2.14. The van der Waals surface area contributed by atoms with Crippen molar-refractivity contribution in [2.75, 3.05) is 7.05 Å². The van der Waals surface area contributed by atoms with E-state index in [0.717, 1.165) is 36.4 Å². The fourth-order valence-corrected chi connectivity index (χ4v) is 2.88. The van der Waals surface area contributed by atoms with E-state index >= 15 is 0 Å². The van der Waals surface area contributed by atoms with Crippen LogP contribution in [-0.2, 0) is 13.1 Å².